The fraction of sp³-hybridized carbons (Fsp3) is 0.353. The minimum Gasteiger partial charge on any atom is -0.385 e. The topological polar surface area (TPSA) is 41.1 Å². The van der Waals surface area contributed by atoms with Gasteiger partial charge in [0.25, 0.3) is 5.91 Å². The molecule has 0 saturated heterocycles. The Balaban J connectivity index is 1.73. The quantitative estimate of drug-likeness (QED) is 0.902. The molecule has 1 aliphatic rings. The summed E-state index contributed by atoms with van der Waals surface area (Å²) < 4.78 is 0. The first-order valence-corrected chi connectivity index (χ1v) is 8.19. The number of anilines is 1. The summed E-state index contributed by atoms with van der Waals surface area (Å²) in [5.74, 6) is 0.00178. The van der Waals surface area contributed by atoms with Gasteiger partial charge in [-0.05, 0) is 62.6 Å². The number of rotatable bonds is 3. The molecule has 3 nitrogen and oxygen atoms in total. The summed E-state index contributed by atoms with van der Waals surface area (Å²) in [4.78, 5) is 14.9. The second-order valence-corrected chi connectivity index (χ2v) is 6.87. The van der Waals surface area contributed by atoms with Crippen LogP contribution in [-0.2, 0) is 6.42 Å². The Hall–Kier alpha value is -1.81. The zero-order valence-electron chi connectivity index (χ0n) is 12.4. The monoisotopic (exact) mass is 300 g/mol. The van der Waals surface area contributed by atoms with Crippen LogP contribution in [0.1, 0.15) is 45.1 Å². The van der Waals surface area contributed by atoms with Gasteiger partial charge in [-0.1, -0.05) is 0 Å². The number of carbonyl (C=O) groups is 1. The van der Waals surface area contributed by atoms with Gasteiger partial charge in [-0.25, -0.2) is 0 Å². The predicted octanol–water partition coefficient (Wildman–Crippen LogP) is 3.91. The van der Waals surface area contributed by atoms with E-state index in [2.05, 4.69) is 29.7 Å². The molecule has 110 valence electrons. The highest BCUT2D eigenvalue weighted by Gasteiger charge is 2.15. The Morgan fingerprint density at radius 3 is 2.95 bits per heavy atom. The Morgan fingerprint density at radius 2 is 2.19 bits per heavy atom. The van der Waals surface area contributed by atoms with Gasteiger partial charge in [-0.15, -0.1) is 11.3 Å². The number of carbonyl (C=O) groups excluding carboxylic acids is 1. The second kappa shape index (κ2) is 5.90. The number of fused-ring (bicyclic) bond motifs is 1. The highest BCUT2D eigenvalue weighted by molar-refractivity contribution is 7.12. The van der Waals surface area contributed by atoms with E-state index in [4.69, 9.17) is 0 Å². The maximum absolute atomic E-state index is 12.4. The molecule has 0 saturated carbocycles. The van der Waals surface area contributed by atoms with Crippen molar-refractivity contribution in [3.05, 3.63) is 51.2 Å². The van der Waals surface area contributed by atoms with Gasteiger partial charge in [0.1, 0.15) is 0 Å². The lowest BCUT2D eigenvalue weighted by atomic mass is 10.0. The molecule has 0 spiro atoms. The first kappa shape index (κ1) is 14.1. The molecule has 0 fully saturated rings. The van der Waals surface area contributed by atoms with Crippen molar-refractivity contribution in [3.8, 4) is 0 Å². The third-order valence-electron chi connectivity index (χ3n) is 3.84. The van der Waals surface area contributed by atoms with E-state index in [1.807, 2.05) is 25.1 Å². The molecule has 4 heteroatoms. The highest BCUT2D eigenvalue weighted by Crippen LogP contribution is 2.25. The van der Waals surface area contributed by atoms with Gasteiger partial charge < -0.3 is 10.6 Å². The summed E-state index contributed by atoms with van der Waals surface area (Å²) >= 11 is 1.73. The summed E-state index contributed by atoms with van der Waals surface area (Å²) in [7, 11) is 0. The van der Waals surface area contributed by atoms with Crippen LogP contribution >= 0.6 is 11.3 Å². The zero-order chi connectivity index (χ0) is 14.8. The van der Waals surface area contributed by atoms with E-state index < -0.39 is 0 Å². The number of amides is 1. The Kier molecular flexibility index (Phi) is 3.97. The van der Waals surface area contributed by atoms with Gasteiger partial charge in [-0.3, -0.25) is 4.79 Å². The number of hydrogen-bond donors (Lipinski definition) is 2. The molecular weight excluding hydrogens is 280 g/mol. The lowest BCUT2D eigenvalue weighted by Crippen LogP contribution is -2.26. The summed E-state index contributed by atoms with van der Waals surface area (Å²) in [5, 5.41) is 6.45. The molecule has 2 heterocycles. The molecule has 0 radical (unpaired) electrons. The van der Waals surface area contributed by atoms with Gasteiger partial charge in [0.15, 0.2) is 0 Å². The number of hydrogen-bond acceptors (Lipinski definition) is 3. The summed E-state index contributed by atoms with van der Waals surface area (Å²) in [5.41, 5.74) is 3.16. The van der Waals surface area contributed by atoms with Crippen molar-refractivity contribution < 1.29 is 4.79 Å². The predicted molar refractivity (Wildman–Crippen MR) is 88.2 cm³/mol. The molecule has 1 unspecified atom stereocenters. The third kappa shape index (κ3) is 3.10. The smallest absolute Gasteiger partial charge is 0.251 e. The lowest BCUT2D eigenvalue weighted by Gasteiger charge is -2.19. The number of thiophene rings is 1. The molecule has 1 atom stereocenters. The van der Waals surface area contributed by atoms with Crippen molar-refractivity contribution in [2.24, 2.45) is 0 Å². The minimum absolute atomic E-state index is 0.00178. The van der Waals surface area contributed by atoms with Crippen molar-refractivity contribution in [1.29, 1.82) is 0 Å². The van der Waals surface area contributed by atoms with Crippen LogP contribution in [0.4, 0.5) is 5.69 Å². The van der Waals surface area contributed by atoms with Crippen molar-refractivity contribution >= 4 is 22.9 Å². The van der Waals surface area contributed by atoms with Gasteiger partial charge in [0.05, 0.1) is 6.04 Å². The first-order valence-electron chi connectivity index (χ1n) is 7.37. The Morgan fingerprint density at radius 1 is 1.33 bits per heavy atom. The van der Waals surface area contributed by atoms with Gasteiger partial charge in [0.2, 0.25) is 0 Å². The van der Waals surface area contributed by atoms with Crippen LogP contribution in [0.5, 0.6) is 0 Å². The second-order valence-electron chi connectivity index (χ2n) is 5.55. The maximum Gasteiger partial charge on any atom is 0.251 e. The fourth-order valence-corrected chi connectivity index (χ4v) is 3.53. The SMILES string of the molecule is Cc1ccc(C(C)NC(=O)c2ccc3c(c2)CCCN3)s1. The van der Waals surface area contributed by atoms with Crippen LogP contribution in [0.25, 0.3) is 0 Å². The highest BCUT2D eigenvalue weighted by atomic mass is 32.1. The maximum atomic E-state index is 12.4. The van der Waals surface area contributed by atoms with E-state index in [1.165, 1.54) is 21.0 Å². The number of nitrogens with one attached hydrogen (secondary N) is 2. The van der Waals surface area contributed by atoms with E-state index in [-0.39, 0.29) is 11.9 Å². The van der Waals surface area contributed by atoms with Crippen LogP contribution in [0.15, 0.2) is 30.3 Å². The summed E-state index contributed by atoms with van der Waals surface area (Å²) in [6, 6.07) is 10.2. The normalized spacial score (nSPS) is 15.0. The molecule has 0 bridgehead atoms. The van der Waals surface area contributed by atoms with Crippen molar-refractivity contribution in [3.63, 3.8) is 0 Å². The van der Waals surface area contributed by atoms with Gasteiger partial charge in [-0.2, -0.15) is 0 Å². The summed E-state index contributed by atoms with van der Waals surface area (Å²) in [6.07, 6.45) is 2.17. The number of aryl methyl sites for hydroxylation is 2. The van der Waals surface area contributed by atoms with Crippen molar-refractivity contribution in [2.75, 3.05) is 11.9 Å². The molecule has 0 aliphatic carbocycles. The van der Waals surface area contributed by atoms with E-state index in [1.54, 1.807) is 11.3 Å². The first-order chi connectivity index (χ1) is 10.1. The van der Waals surface area contributed by atoms with E-state index in [0.29, 0.717) is 0 Å². The fourth-order valence-electron chi connectivity index (χ4n) is 2.65. The largest absolute Gasteiger partial charge is 0.385 e. The van der Waals surface area contributed by atoms with Crippen molar-refractivity contribution in [1.82, 2.24) is 5.32 Å². The minimum atomic E-state index is 0.00178. The lowest BCUT2D eigenvalue weighted by molar-refractivity contribution is 0.0940. The van der Waals surface area contributed by atoms with Gasteiger partial charge >= 0.3 is 0 Å². The van der Waals surface area contributed by atoms with Crippen LogP contribution in [-0.4, -0.2) is 12.5 Å². The Labute approximate surface area is 129 Å². The van der Waals surface area contributed by atoms with E-state index in [9.17, 15) is 4.79 Å². The average molecular weight is 300 g/mol. The van der Waals surface area contributed by atoms with E-state index >= 15 is 0 Å². The Bertz CT molecular complexity index is 663. The van der Waals surface area contributed by atoms with Crippen LogP contribution in [0.2, 0.25) is 0 Å². The molecule has 1 amide bonds. The molecule has 1 aromatic carbocycles. The molecule has 2 N–H and O–H groups in total. The zero-order valence-corrected chi connectivity index (χ0v) is 13.2. The molecule has 1 aliphatic heterocycles. The molecule has 1 aromatic heterocycles. The third-order valence-corrected chi connectivity index (χ3v) is 5.02. The van der Waals surface area contributed by atoms with E-state index in [0.717, 1.165) is 24.9 Å². The average Bonchev–Trinajstić information content (AvgIpc) is 2.93. The summed E-state index contributed by atoms with van der Waals surface area (Å²) in [6.45, 7) is 5.13. The van der Waals surface area contributed by atoms with Crippen LogP contribution in [0, 0.1) is 6.92 Å². The molecule has 21 heavy (non-hydrogen) atoms. The van der Waals surface area contributed by atoms with Crippen molar-refractivity contribution in [2.45, 2.75) is 32.7 Å². The van der Waals surface area contributed by atoms with Gasteiger partial charge in [0, 0.05) is 27.5 Å². The van der Waals surface area contributed by atoms with Crippen LogP contribution in [0.3, 0.4) is 0 Å². The standard InChI is InChI=1S/C17H20N2OS/c1-11-5-8-16(21-11)12(2)19-17(20)14-6-7-15-13(10-14)4-3-9-18-15/h5-8,10,12,18H,3-4,9H2,1-2H3,(H,19,20). The molecule has 3 rings (SSSR count). The molecular formula is C17H20N2OS. The van der Waals surface area contributed by atoms with Crippen LogP contribution < -0.4 is 10.6 Å². The number of benzene rings is 1. The molecule has 2 aromatic rings.